The summed E-state index contributed by atoms with van der Waals surface area (Å²) in [6.45, 7) is -0.0286. The van der Waals surface area contributed by atoms with Gasteiger partial charge in [-0.1, -0.05) is 28.8 Å². The van der Waals surface area contributed by atoms with E-state index in [-0.39, 0.29) is 11.0 Å². The summed E-state index contributed by atoms with van der Waals surface area (Å²) in [7, 11) is 0. The van der Waals surface area contributed by atoms with Crippen LogP contribution < -0.4 is 5.32 Å². The standard InChI is InChI=1S/C14H15BrF3NO2/c15-9-3-4-10(11(7-9)14(16,17)18)12(20)19-8-13(21)5-1-2-6-13/h3-4,7,21H,1-2,5-6,8H2,(H,19,20). The maximum atomic E-state index is 13.0. The molecule has 1 saturated carbocycles. The average molecular weight is 366 g/mol. The quantitative estimate of drug-likeness (QED) is 0.860. The third-order valence-electron chi connectivity index (χ3n) is 3.64. The second-order valence-corrected chi connectivity index (χ2v) is 6.22. The number of alkyl halides is 3. The molecule has 0 bridgehead atoms. The van der Waals surface area contributed by atoms with Gasteiger partial charge in [-0.05, 0) is 31.0 Å². The molecule has 1 aliphatic rings. The number of rotatable bonds is 3. The van der Waals surface area contributed by atoms with Gasteiger partial charge in [-0.25, -0.2) is 0 Å². The molecule has 0 heterocycles. The fourth-order valence-electron chi connectivity index (χ4n) is 2.50. The molecule has 0 saturated heterocycles. The van der Waals surface area contributed by atoms with Crippen molar-refractivity contribution in [3.05, 3.63) is 33.8 Å². The normalized spacial score (nSPS) is 17.8. The van der Waals surface area contributed by atoms with Gasteiger partial charge < -0.3 is 10.4 Å². The van der Waals surface area contributed by atoms with Crippen molar-refractivity contribution in [1.82, 2.24) is 5.32 Å². The predicted molar refractivity (Wildman–Crippen MR) is 74.9 cm³/mol. The summed E-state index contributed by atoms with van der Waals surface area (Å²) in [5.41, 5.74) is -2.43. The highest BCUT2D eigenvalue weighted by atomic mass is 79.9. The van der Waals surface area contributed by atoms with Gasteiger partial charge in [0.25, 0.3) is 5.91 Å². The van der Waals surface area contributed by atoms with Crippen LogP contribution in [0.25, 0.3) is 0 Å². The molecule has 3 nitrogen and oxygen atoms in total. The largest absolute Gasteiger partial charge is 0.417 e. The van der Waals surface area contributed by atoms with Crippen molar-refractivity contribution < 1.29 is 23.1 Å². The van der Waals surface area contributed by atoms with Crippen LogP contribution in [-0.4, -0.2) is 23.2 Å². The Bertz CT molecular complexity index is 540. The molecule has 0 radical (unpaired) electrons. The van der Waals surface area contributed by atoms with E-state index in [1.807, 2.05) is 0 Å². The first-order valence-electron chi connectivity index (χ1n) is 6.59. The molecule has 21 heavy (non-hydrogen) atoms. The lowest BCUT2D eigenvalue weighted by atomic mass is 10.0. The highest BCUT2D eigenvalue weighted by molar-refractivity contribution is 9.10. The molecular formula is C14H15BrF3NO2. The fourth-order valence-corrected chi connectivity index (χ4v) is 2.86. The molecule has 7 heteroatoms. The summed E-state index contributed by atoms with van der Waals surface area (Å²) < 4.78 is 39.1. The van der Waals surface area contributed by atoms with Gasteiger partial charge in [0, 0.05) is 11.0 Å². The summed E-state index contributed by atoms with van der Waals surface area (Å²) in [6, 6.07) is 3.38. The molecule has 2 rings (SSSR count). The highest BCUT2D eigenvalue weighted by Crippen LogP contribution is 2.34. The van der Waals surface area contributed by atoms with E-state index in [9.17, 15) is 23.1 Å². The first kappa shape index (κ1) is 16.3. The number of carbonyl (C=O) groups excluding carboxylic acids is 1. The lowest BCUT2D eigenvalue weighted by Crippen LogP contribution is -2.41. The highest BCUT2D eigenvalue weighted by Gasteiger charge is 2.36. The van der Waals surface area contributed by atoms with Crippen LogP contribution in [0, 0.1) is 0 Å². The molecule has 1 aliphatic carbocycles. The monoisotopic (exact) mass is 365 g/mol. The Hall–Kier alpha value is -1.08. The Morgan fingerprint density at radius 3 is 2.52 bits per heavy atom. The van der Waals surface area contributed by atoms with Crippen molar-refractivity contribution in [3.63, 3.8) is 0 Å². The molecule has 0 spiro atoms. The van der Waals surface area contributed by atoms with Gasteiger partial charge in [-0.3, -0.25) is 4.79 Å². The summed E-state index contributed by atoms with van der Waals surface area (Å²) >= 11 is 2.97. The molecule has 1 fully saturated rings. The van der Waals surface area contributed by atoms with E-state index in [2.05, 4.69) is 21.2 Å². The van der Waals surface area contributed by atoms with Gasteiger partial charge in [0.2, 0.25) is 0 Å². The van der Waals surface area contributed by atoms with Crippen molar-refractivity contribution in [1.29, 1.82) is 0 Å². The van der Waals surface area contributed by atoms with Crippen LogP contribution in [0.15, 0.2) is 22.7 Å². The van der Waals surface area contributed by atoms with Gasteiger partial charge in [0.1, 0.15) is 0 Å². The smallest absolute Gasteiger partial charge is 0.388 e. The molecule has 0 unspecified atom stereocenters. The van der Waals surface area contributed by atoms with Crippen LogP contribution in [0.3, 0.4) is 0 Å². The SMILES string of the molecule is O=C(NCC1(O)CCCC1)c1ccc(Br)cc1C(F)(F)F. The van der Waals surface area contributed by atoms with Crippen LogP contribution in [0.5, 0.6) is 0 Å². The summed E-state index contributed by atoms with van der Waals surface area (Å²) in [5, 5.41) is 12.5. The Balaban J connectivity index is 2.15. The minimum absolute atomic E-state index is 0.0286. The molecule has 2 N–H and O–H groups in total. The van der Waals surface area contributed by atoms with E-state index in [4.69, 9.17) is 0 Å². The minimum Gasteiger partial charge on any atom is -0.388 e. The fraction of sp³-hybridized carbons (Fsp3) is 0.500. The van der Waals surface area contributed by atoms with Gasteiger partial charge in [0.15, 0.2) is 0 Å². The van der Waals surface area contributed by atoms with Gasteiger partial charge in [-0.2, -0.15) is 13.2 Å². The molecule has 0 atom stereocenters. The van der Waals surface area contributed by atoms with E-state index < -0.39 is 28.8 Å². The van der Waals surface area contributed by atoms with E-state index in [1.165, 1.54) is 6.07 Å². The number of nitrogens with one attached hydrogen (secondary N) is 1. The van der Waals surface area contributed by atoms with Gasteiger partial charge in [-0.15, -0.1) is 0 Å². The lowest BCUT2D eigenvalue weighted by molar-refractivity contribution is -0.138. The first-order chi connectivity index (χ1) is 9.71. The molecule has 116 valence electrons. The number of hydrogen-bond acceptors (Lipinski definition) is 2. The Morgan fingerprint density at radius 1 is 1.33 bits per heavy atom. The molecule has 0 aromatic heterocycles. The van der Waals surface area contributed by atoms with Crippen LogP contribution >= 0.6 is 15.9 Å². The van der Waals surface area contributed by atoms with E-state index in [0.29, 0.717) is 12.8 Å². The zero-order chi connectivity index (χ0) is 15.7. The van der Waals surface area contributed by atoms with Gasteiger partial charge >= 0.3 is 6.18 Å². The lowest BCUT2D eigenvalue weighted by Gasteiger charge is -2.23. The van der Waals surface area contributed by atoms with Crippen LogP contribution in [0.1, 0.15) is 41.6 Å². The average Bonchev–Trinajstić information content (AvgIpc) is 2.82. The van der Waals surface area contributed by atoms with Crippen molar-refractivity contribution in [2.75, 3.05) is 6.54 Å². The van der Waals surface area contributed by atoms with Crippen molar-refractivity contribution in [3.8, 4) is 0 Å². The van der Waals surface area contributed by atoms with E-state index >= 15 is 0 Å². The second kappa shape index (κ2) is 5.96. The van der Waals surface area contributed by atoms with Crippen LogP contribution in [0.2, 0.25) is 0 Å². The van der Waals surface area contributed by atoms with E-state index in [0.717, 1.165) is 25.0 Å². The predicted octanol–water partition coefficient (Wildman–Crippen LogP) is 3.50. The maximum Gasteiger partial charge on any atom is 0.417 e. The summed E-state index contributed by atoms with van der Waals surface area (Å²) in [5.74, 6) is -0.824. The number of aliphatic hydroxyl groups is 1. The third kappa shape index (κ3) is 3.97. The van der Waals surface area contributed by atoms with Crippen LogP contribution in [-0.2, 0) is 6.18 Å². The number of halogens is 4. The second-order valence-electron chi connectivity index (χ2n) is 5.30. The number of hydrogen-bond donors (Lipinski definition) is 2. The van der Waals surface area contributed by atoms with Gasteiger partial charge in [0.05, 0.1) is 16.7 Å². The Labute approximate surface area is 128 Å². The van der Waals surface area contributed by atoms with Crippen molar-refractivity contribution in [2.45, 2.75) is 37.5 Å². The number of carbonyl (C=O) groups is 1. The number of amides is 1. The summed E-state index contributed by atoms with van der Waals surface area (Å²) in [6.07, 6.45) is -1.78. The van der Waals surface area contributed by atoms with E-state index in [1.54, 1.807) is 0 Å². The molecule has 1 amide bonds. The third-order valence-corrected chi connectivity index (χ3v) is 4.14. The van der Waals surface area contributed by atoms with Crippen molar-refractivity contribution >= 4 is 21.8 Å². The topological polar surface area (TPSA) is 49.3 Å². The van der Waals surface area contributed by atoms with Crippen LogP contribution in [0.4, 0.5) is 13.2 Å². The molecule has 0 aliphatic heterocycles. The maximum absolute atomic E-state index is 13.0. The zero-order valence-electron chi connectivity index (χ0n) is 11.1. The molecule has 1 aromatic carbocycles. The molecule has 1 aromatic rings. The Kier molecular flexibility index (Phi) is 4.63. The molecular weight excluding hydrogens is 351 g/mol. The first-order valence-corrected chi connectivity index (χ1v) is 7.38. The number of benzene rings is 1. The zero-order valence-corrected chi connectivity index (χ0v) is 12.7. The minimum atomic E-state index is -4.61. The Morgan fingerprint density at radius 2 is 1.95 bits per heavy atom. The van der Waals surface area contributed by atoms with Crippen molar-refractivity contribution in [2.24, 2.45) is 0 Å². The summed E-state index contributed by atoms with van der Waals surface area (Å²) in [4.78, 5) is 12.0.